The van der Waals surface area contributed by atoms with Gasteiger partial charge in [-0.2, -0.15) is 0 Å². The van der Waals surface area contributed by atoms with Crippen molar-refractivity contribution < 1.29 is 39.8 Å². The van der Waals surface area contributed by atoms with Crippen molar-refractivity contribution in [1.82, 2.24) is 5.32 Å². The van der Waals surface area contributed by atoms with Gasteiger partial charge in [-0.1, -0.05) is 264 Å². The van der Waals surface area contributed by atoms with Crippen LogP contribution >= 0.6 is 0 Å². The molecule has 0 aromatic rings. The molecule has 1 saturated heterocycles. The molecule has 0 radical (unpaired) electrons. The van der Waals surface area contributed by atoms with Gasteiger partial charge in [0, 0.05) is 6.42 Å². The molecule has 0 bridgehead atoms. The number of allylic oxidation sites excluding steroid dienone is 19. The highest BCUT2D eigenvalue weighted by Gasteiger charge is 2.44. The SMILES string of the molecule is CC/C=C\C/C=C\C/C=C\C/C=C\C/C=C\C/C=C\C/C=C\CCCCCCCCCCCC(=O)NC(COC1OC(CO)C(O)C(O)C1O)C(O)/C=C/CC/C=C/CC/C=C/CCCCCCCCCCCCCCCC. The second-order valence-corrected chi connectivity index (χ2v) is 21.4. The van der Waals surface area contributed by atoms with Crippen molar-refractivity contribution in [2.24, 2.45) is 0 Å². The lowest BCUT2D eigenvalue weighted by Crippen LogP contribution is -2.60. The lowest BCUT2D eigenvalue weighted by molar-refractivity contribution is -0.302. The van der Waals surface area contributed by atoms with E-state index in [1.165, 1.54) is 122 Å². The van der Waals surface area contributed by atoms with Crippen molar-refractivity contribution in [1.29, 1.82) is 0 Å². The van der Waals surface area contributed by atoms with Crippen molar-refractivity contribution in [3.8, 4) is 0 Å². The van der Waals surface area contributed by atoms with E-state index in [-0.39, 0.29) is 12.5 Å². The standard InChI is InChI=1S/C69H117NO8/c1-3-5-7-9-11-13-15-17-19-21-23-25-27-29-30-31-32-33-34-35-37-39-41-43-45-47-49-51-53-55-57-59-65(73)70-62(61-77-69-68(76)67(75)66(74)64(60-71)78-69)63(72)58-56-54-52-50-48-46-44-42-40-38-36-28-26-24-22-20-18-16-14-12-10-8-6-4-2/h5,7,11,13,17,19,23,25,29-30,32-33,35,37,40,42,48,50,56,58,62-64,66-69,71-72,74-76H,3-4,6,8-10,12,14-16,18,20-22,24,26-28,31,34,36,38-39,41,43-47,49,51-55,57,59-61H2,1-2H3,(H,70,73)/b7-5-,13-11-,19-17-,25-23-,30-29-,33-32-,37-35-,42-40+,50-48+,58-56+. The summed E-state index contributed by atoms with van der Waals surface area (Å²) in [6.07, 6.45) is 78.4. The minimum absolute atomic E-state index is 0.201. The Bertz CT molecular complexity index is 1640. The van der Waals surface area contributed by atoms with Gasteiger partial charge in [-0.3, -0.25) is 4.79 Å². The zero-order chi connectivity index (χ0) is 56.5. The van der Waals surface area contributed by atoms with Crippen LogP contribution in [0.25, 0.3) is 0 Å². The fourth-order valence-electron chi connectivity index (χ4n) is 9.29. The summed E-state index contributed by atoms with van der Waals surface area (Å²) in [6, 6.07) is -0.842. The molecule has 1 amide bonds. The number of hydrogen-bond acceptors (Lipinski definition) is 8. The molecule has 7 atom stereocenters. The van der Waals surface area contributed by atoms with Crippen molar-refractivity contribution in [2.75, 3.05) is 13.2 Å². The molecule has 1 rings (SSSR count). The lowest BCUT2D eigenvalue weighted by Gasteiger charge is -2.40. The fourth-order valence-corrected chi connectivity index (χ4v) is 9.29. The second-order valence-electron chi connectivity index (χ2n) is 21.4. The summed E-state index contributed by atoms with van der Waals surface area (Å²) in [6.45, 7) is 3.65. The van der Waals surface area contributed by atoms with Gasteiger partial charge in [-0.25, -0.2) is 0 Å². The summed E-state index contributed by atoms with van der Waals surface area (Å²) in [5, 5.41) is 54.6. The minimum Gasteiger partial charge on any atom is -0.394 e. The molecule has 1 aliphatic heterocycles. The summed E-state index contributed by atoms with van der Waals surface area (Å²) < 4.78 is 11.3. The highest BCUT2D eigenvalue weighted by Crippen LogP contribution is 2.23. The Hall–Kier alpha value is -3.41. The maximum Gasteiger partial charge on any atom is 0.220 e. The zero-order valence-corrected chi connectivity index (χ0v) is 49.6. The van der Waals surface area contributed by atoms with Crippen molar-refractivity contribution in [2.45, 2.75) is 294 Å². The van der Waals surface area contributed by atoms with E-state index < -0.39 is 49.5 Å². The van der Waals surface area contributed by atoms with Crippen LogP contribution in [-0.2, 0) is 14.3 Å². The van der Waals surface area contributed by atoms with Gasteiger partial charge in [-0.15, -0.1) is 0 Å². The number of ether oxygens (including phenoxy) is 2. The van der Waals surface area contributed by atoms with Gasteiger partial charge < -0.3 is 40.3 Å². The first kappa shape index (κ1) is 72.6. The van der Waals surface area contributed by atoms with Gasteiger partial charge in [0.05, 0.1) is 25.4 Å². The topological polar surface area (TPSA) is 149 Å². The Morgan fingerprint density at radius 3 is 1.23 bits per heavy atom. The summed E-state index contributed by atoms with van der Waals surface area (Å²) in [7, 11) is 0. The molecule has 0 aromatic heterocycles. The molecule has 1 aliphatic rings. The molecule has 0 saturated carbocycles. The van der Waals surface area contributed by atoms with Gasteiger partial charge in [-0.05, 0) is 103 Å². The fraction of sp³-hybridized carbons (Fsp3) is 0.696. The Balaban J connectivity index is 2.24. The van der Waals surface area contributed by atoms with Gasteiger partial charge in [0.25, 0.3) is 0 Å². The van der Waals surface area contributed by atoms with Crippen LogP contribution < -0.4 is 5.32 Å². The van der Waals surface area contributed by atoms with E-state index in [1.807, 2.05) is 6.08 Å². The number of amides is 1. The molecule has 446 valence electrons. The number of aliphatic hydroxyl groups is 5. The monoisotopic (exact) mass is 1090 g/mol. The average molecular weight is 1090 g/mol. The molecule has 78 heavy (non-hydrogen) atoms. The highest BCUT2D eigenvalue weighted by molar-refractivity contribution is 5.76. The van der Waals surface area contributed by atoms with Gasteiger partial charge in [0.2, 0.25) is 5.91 Å². The predicted octanol–water partition coefficient (Wildman–Crippen LogP) is 16.7. The van der Waals surface area contributed by atoms with Gasteiger partial charge in [0.1, 0.15) is 24.4 Å². The number of aliphatic hydroxyl groups excluding tert-OH is 5. The lowest BCUT2D eigenvalue weighted by atomic mass is 9.99. The van der Waals surface area contributed by atoms with Crippen LogP contribution in [0.15, 0.2) is 122 Å². The third-order valence-corrected chi connectivity index (χ3v) is 14.2. The molecule has 1 heterocycles. The van der Waals surface area contributed by atoms with Crippen LogP contribution in [0.4, 0.5) is 0 Å². The van der Waals surface area contributed by atoms with Crippen molar-refractivity contribution >= 4 is 5.91 Å². The van der Waals surface area contributed by atoms with E-state index in [4.69, 9.17) is 9.47 Å². The number of rotatable bonds is 53. The van der Waals surface area contributed by atoms with Crippen LogP contribution in [-0.4, -0.2) is 87.5 Å². The minimum atomic E-state index is -1.58. The van der Waals surface area contributed by atoms with Gasteiger partial charge >= 0.3 is 0 Å². The zero-order valence-electron chi connectivity index (χ0n) is 49.6. The molecule has 0 spiro atoms. The second kappa shape index (κ2) is 56.8. The van der Waals surface area contributed by atoms with E-state index in [9.17, 15) is 30.3 Å². The Morgan fingerprint density at radius 2 is 0.808 bits per heavy atom. The molecular formula is C69H117NO8. The third kappa shape index (κ3) is 45.3. The normalized spacial score (nSPS) is 19.5. The number of carbonyl (C=O) groups excluding carboxylic acids is 1. The molecule has 9 heteroatoms. The van der Waals surface area contributed by atoms with Crippen LogP contribution in [0, 0.1) is 0 Å². The Kier molecular flexibility index (Phi) is 52.9. The quantitative estimate of drug-likeness (QED) is 0.0261. The number of carbonyl (C=O) groups is 1. The Morgan fingerprint density at radius 1 is 0.449 bits per heavy atom. The largest absolute Gasteiger partial charge is 0.394 e. The number of nitrogens with one attached hydrogen (secondary N) is 1. The summed E-state index contributed by atoms with van der Waals surface area (Å²) >= 11 is 0. The summed E-state index contributed by atoms with van der Waals surface area (Å²) in [5.74, 6) is -0.201. The molecule has 7 unspecified atom stereocenters. The highest BCUT2D eigenvalue weighted by atomic mass is 16.7. The Labute approximate surface area is 478 Å². The van der Waals surface area contributed by atoms with Crippen LogP contribution in [0.2, 0.25) is 0 Å². The van der Waals surface area contributed by atoms with Crippen LogP contribution in [0.3, 0.4) is 0 Å². The molecule has 6 N–H and O–H groups in total. The van der Waals surface area contributed by atoms with E-state index in [2.05, 4.69) is 129 Å². The molecule has 9 nitrogen and oxygen atoms in total. The maximum atomic E-state index is 13.1. The number of unbranched alkanes of at least 4 members (excludes halogenated alkanes) is 25. The van der Waals surface area contributed by atoms with E-state index in [1.54, 1.807) is 6.08 Å². The van der Waals surface area contributed by atoms with Gasteiger partial charge in [0.15, 0.2) is 6.29 Å². The first-order valence-corrected chi connectivity index (χ1v) is 31.8. The van der Waals surface area contributed by atoms with Crippen molar-refractivity contribution in [3.63, 3.8) is 0 Å². The average Bonchev–Trinajstić information content (AvgIpc) is 3.45. The first-order chi connectivity index (χ1) is 38.3. The summed E-state index contributed by atoms with van der Waals surface area (Å²) in [5.41, 5.74) is 0. The predicted molar refractivity (Wildman–Crippen MR) is 331 cm³/mol. The molecule has 0 aliphatic carbocycles. The van der Waals surface area contributed by atoms with E-state index in [0.29, 0.717) is 6.42 Å². The van der Waals surface area contributed by atoms with E-state index in [0.717, 1.165) is 109 Å². The van der Waals surface area contributed by atoms with Crippen LogP contribution in [0.5, 0.6) is 0 Å². The first-order valence-electron chi connectivity index (χ1n) is 31.8. The van der Waals surface area contributed by atoms with Crippen LogP contribution in [0.1, 0.15) is 251 Å². The number of hydrogen-bond donors (Lipinski definition) is 6. The molecule has 0 aromatic carbocycles. The van der Waals surface area contributed by atoms with E-state index >= 15 is 0 Å². The van der Waals surface area contributed by atoms with Crippen molar-refractivity contribution in [3.05, 3.63) is 122 Å². The summed E-state index contributed by atoms with van der Waals surface area (Å²) in [4.78, 5) is 13.1. The molecular weight excluding hydrogens is 971 g/mol. The molecule has 1 fully saturated rings. The third-order valence-electron chi connectivity index (χ3n) is 14.2. The maximum absolute atomic E-state index is 13.1. The smallest absolute Gasteiger partial charge is 0.220 e.